The maximum absolute atomic E-state index is 11.9. The molecule has 0 saturated carbocycles. The zero-order chi connectivity index (χ0) is 15.9. The first kappa shape index (κ1) is 15.7. The van der Waals surface area contributed by atoms with Crippen LogP contribution in [0.2, 0.25) is 0 Å². The Kier molecular flexibility index (Phi) is 5.37. The van der Waals surface area contributed by atoms with E-state index < -0.39 is 0 Å². The summed E-state index contributed by atoms with van der Waals surface area (Å²) >= 11 is 0. The number of nitrogens with one attached hydrogen (secondary N) is 2. The molecule has 1 atom stereocenters. The molecule has 1 saturated heterocycles. The lowest BCUT2D eigenvalue weighted by molar-refractivity contribution is 0.0927. The predicted molar refractivity (Wildman–Crippen MR) is 88.0 cm³/mol. The number of benzene rings is 1. The van der Waals surface area contributed by atoms with Gasteiger partial charge < -0.3 is 10.2 Å². The molecule has 6 heteroatoms. The molecule has 6 nitrogen and oxygen atoms in total. The molecule has 1 aliphatic rings. The Morgan fingerprint density at radius 2 is 2.22 bits per heavy atom. The molecule has 1 aromatic heterocycles. The molecular weight excluding hydrogens is 290 g/mol. The van der Waals surface area contributed by atoms with Crippen molar-refractivity contribution in [3.8, 4) is 0 Å². The highest BCUT2D eigenvalue weighted by Gasteiger charge is 2.20. The summed E-state index contributed by atoms with van der Waals surface area (Å²) < 4.78 is 0. The first-order chi connectivity index (χ1) is 11.3. The van der Waals surface area contributed by atoms with Gasteiger partial charge in [0.15, 0.2) is 5.69 Å². The molecule has 0 radical (unpaired) electrons. The van der Waals surface area contributed by atoms with Gasteiger partial charge in [0.05, 0.1) is 6.20 Å². The van der Waals surface area contributed by atoms with Crippen molar-refractivity contribution >= 4 is 5.91 Å². The summed E-state index contributed by atoms with van der Waals surface area (Å²) in [4.78, 5) is 14.4. The van der Waals surface area contributed by atoms with Crippen molar-refractivity contribution in [1.82, 2.24) is 25.6 Å². The minimum Gasteiger partial charge on any atom is -0.350 e. The smallest absolute Gasteiger partial charge is 0.273 e. The number of nitrogens with zero attached hydrogens (tertiary/aromatic N) is 3. The first-order valence-corrected chi connectivity index (χ1v) is 8.21. The Bertz CT molecular complexity index is 599. The number of likely N-dealkylation sites (tertiary alicyclic amines) is 1. The van der Waals surface area contributed by atoms with Crippen molar-refractivity contribution < 1.29 is 4.79 Å². The van der Waals surface area contributed by atoms with Crippen LogP contribution in [0.15, 0.2) is 36.5 Å². The van der Waals surface area contributed by atoms with E-state index >= 15 is 0 Å². The number of amides is 1. The summed E-state index contributed by atoms with van der Waals surface area (Å²) in [6.07, 6.45) is 4.89. The van der Waals surface area contributed by atoms with Crippen LogP contribution in [-0.2, 0) is 6.42 Å². The van der Waals surface area contributed by atoms with Crippen LogP contribution in [0.4, 0.5) is 0 Å². The van der Waals surface area contributed by atoms with Gasteiger partial charge >= 0.3 is 0 Å². The number of carbonyl (C=O) groups is 1. The minimum atomic E-state index is -0.153. The molecule has 1 amide bonds. The van der Waals surface area contributed by atoms with Crippen molar-refractivity contribution in [1.29, 1.82) is 0 Å². The standard InChI is InChI=1S/C17H23N5O/c23-17(16-12-19-21-20-16)18-11-15-7-4-9-22(13-15)10-8-14-5-2-1-3-6-14/h1-3,5-6,12,15H,4,7-11,13H2,(H,18,23)(H,19,20,21). The summed E-state index contributed by atoms with van der Waals surface area (Å²) in [7, 11) is 0. The van der Waals surface area contributed by atoms with Gasteiger partial charge in [-0.15, -0.1) is 0 Å². The van der Waals surface area contributed by atoms with Gasteiger partial charge in [0.2, 0.25) is 0 Å². The predicted octanol–water partition coefficient (Wildman–Crippen LogP) is 1.49. The third-order valence-corrected chi connectivity index (χ3v) is 4.36. The first-order valence-electron chi connectivity index (χ1n) is 8.21. The van der Waals surface area contributed by atoms with Gasteiger partial charge in [-0.2, -0.15) is 15.4 Å². The van der Waals surface area contributed by atoms with E-state index in [-0.39, 0.29) is 5.91 Å². The van der Waals surface area contributed by atoms with E-state index in [0.29, 0.717) is 18.2 Å². The summed E-state index contributed by atoms with van der Waals surface area (Å²) in [5, 5.41) is 12.9. The molecule has 0 spiro atoms. The Hall–Kier alpha value is -2.21. The lowest BCUT2D eigenvalue weighted by Crippen LogP contribution is -2.41. The van der Waals surface area contributed by atoms with Crippen LogP contribution < -0.4 is 5.32 Å². The van der Waals surface area contributed by atoms with Gasteiger partial charge in [0, 0.05) is 19.6 Å². The maximum Gasteiger partial charge on any atom is 0.273 e. The van der Waals surface area contributed by atoms with Crippen LogP contribution in [0.5, 0.6) is 0 Å². The van der Waals surface area contributed by atoms with E-state index in [1.807, 2.05) is 0 Å². The van der Waals surface area contributed by atoms with Crippen molar-refractivity contribution in [2.24, 2.45) is 5.92 Å². The Morgan fingerprint density at radius 3 is 3.00 bits per heavy atom. The highest BCUT2D eigenvalue weighted by Crippen LogP contribution is 2.16. The molecule has 122 valence electrons. The number of rotatable bonds is 6. The molecule has 0 aliphatic carbocycles. The van der Waals surface area contributed by atoms with E-state index in [1.54, 1.807) is 0 Å². The number of carbonyl (C=O) groups excluding carboxylic acids is 1. The normalized spacial score (nSPS) is 18.7. The lowest BCUT2D eigenvalue weighted by Gasteiger charge is -2.32. The van der Waals surface area contributed by atoms with Crippen molar-refractivity contribution in [3.05, 3.63) is 47.8 Å². The van der Waals surface area contributed by atoms with Gasteiger partial charge in [0.1, 0.15) is 0 Å². The van der Waals surface area contributed by atoms with Crippen LogP contribution in [0.3, 0.4) is 0 Å². The fraction of sp³-hybridized carbons (Fsp3) is 0.471. The van der Waals surface area contributed by atoms with E-state index in [4.69, 9.17) is 0 Å². The van der Waals surface area contributed by atoms with Crippen molar-refractivity contribution in [3.63, 3.8) is 0 Å². The quantitative estimate of drug-likeness (QED) is 0.847. The molecule has 2 heterocycles. The second-order valence-electron chi connectivity index (χ2n) is 6.11. The number of aromatic nitrogens is 3. The Labute approximate surface area is 136 Å². The summed E-state index contributed by atoms with van der Waals surface area (Å²) in [5.41, 5.74) is 1.73. The Balaban J connectivity index is 1.42. The average molecular weight is 313 g/mol. The number of aromatic amines is 1. The third-order valence-electron chi connectivity index (χ3n) is 4.36. The third kappa shape index (κ3) is 4.63. The summed E-state index contributed by atoms with van der Waals surface area (Å²) in [5.74, 6) is 0.357. The maximum atomic E-state index is 11.9. The highest BCUT2D eigenvalue weighted by molar-refractivity contribution is 5.91. The molecular formula is C17H23N5O. The average Bonchev–Trinajstić information content (AvgIpc) is 3.14. The van der Waals surface area contributed by atoms with Crippen LogP contribution in [0, 0.1) is 5.92 Å². The van der Waals surface area contributed by atoms with Gasteiger partial charge in [0.25, 0.3) is 5.91 Å². The summed E-state index contributed by atoms with van der Waals surface area (Å²) in [6.45, 7) is 3.98. The lowest BCUT2D eigenvalue weighted by atomic mass is 9.97. The van der Waals surface area contributed by atoms with Crippen LogP contribution in [-0.4, -0.2) is 52.4 Å². The van der Waals surface area contributed by atoms with Crippen LogP contribution in [0.25, 0.3) is 0 Å². The number of hydrogen-bond donors (Lipinski definition) is 2. The monoisotopic (exact) mass is 313 g/mol. The topological polar surface area (TPSA) is 73.9 Å². The van der Waals surface area contributed by atoms with Crippen LogP contribution in [0.1, 0.15) is 28.9 Å². The molecule has 2 N–H and O–H groups in total. The zero-order valence-electron chi connectivity index (χ0n) is 13.2. The molecule has 3 rings (SSSR count). The fourth-order valence-corrected chi connectivity index (χ4v) is 3.09. The summed E-state index contributed by atoms with van der Waals surface area (Å²) in [6, 6.07) is 10.6. The van der Waals surface area contributed by atoms with Gasteiger partial charge in [-0.3, -0.25) is 4.79 Å². The van der Waals surface area contributed by atoms with E-state index in [0.717, 1.165) is 26.1 Å². The fourth-order valence-electron chi connectivity index (χ4n) is 3.09. The zero-order valence-corrected chi connectivity index (χ0v) is 13.2. The van der Waals surface area contributed by atoms with Crippen molar-refractivity contribution in [2.45, 2.75) is 19.3 Å². The second kappa shape index (κ2) is 7.87. The molecule has 1 unspecified atom stereocenters. The largest absolute Gasteiger partial charge is 0.350 e. The molecule has 2 aromatic rings. The molecule has 1 fully saturated rings. The van der Waals surface area contributed by atoms with Gasteiger partial charge in [-0.1, -0.05) is 30.3 Å². The van der Waals surface area contributed by atoms with E-state index in [9.17, 15) is 4.79 Å². The highest BCUT2D eigenvalue weighted by atomic mass is 16.1. The van der Waals surface area contributed by atoms with E-state index in [2.05, 4.69) is 56.0 Å². The molecule has 1 aliphatic heterocycles. The Morgan fingerprint density at radius 1 is 1.35 bits per heavy atom. The second-order valence-corrected chi connectivity index (χ2v) is 6.11. The van der Waals surface area contributed by atoms with Gasteiger partial charge in [-0.25, -0.2) is 0 Å². The van der Waals surface area contributed by atoms with Crippen molar-refractivity contribution in [2.75, 3.05) is 26.2 Å². The molecule has 0 bridgehead atoms. The van der Waals surface area contributed by atoms with Crippen LogP contribution >= 0.6 is 0 Å². The SMILES string of the molecule is O=C(NCC1CCCN(CCc2ccccc2)C1)c1cn[nH]n1. The number of hydrogen-bond acceptors (Lipinski definition) is 4. The molecule has 1 aromatic carbocycles. The van der Waals surface area contributed by atoms with E-state index in [1.165, 1.54) is 24.6 Å². The minimum absolute atomic E-state index is 0.153. The number of H-pyrrole nitrogens is 1. The van der Waals surface area contributed by atoms with Gasteiger partial charge in [-0.05, 0) is 37.3 Å². The number of piperidine rings is 1. The molecule has 23 heavy (non-hydrogen) atoms.